The molecule has 0 atom stereocenters. The smallest absolute Gasteiger partial charge is 0.256 e. The summed E-state index contributed by atoms with van der Waals surface area (Å²) in [6.45, 7) is 0. The van der Waals surface area contributed by atoms with Crippen molar-refractivity contribution in [3.05, 3.63) is 77.6 Å². The predicted octanol–water partition coefficient (Wildman–Crippen LogP) is 4.42. The van der Waals surface area contributed by atoms with E-state index >= 15 is 0 Å². The third-order valence-corrected chi connectivity index (χ3v) is 3.89. The predicted molar refractivity (Wildman–Crippen MR) is 86.0 cm³/mol. The number of anilines is 1. The van der Waals surface area contributed by atoms with Crippen LogP contribution in [0.2, 0.25) is 0 Å². The molecule has 0 unspecified atom stereocenters. The molecule has 2 aliphatic carbocycles. The van der Waals surface area contributed by atoms with E-state index in [1.165, 1.54) is 12.1 Å². The minimum absolute atomic E-state index is 0.202. The van der Waals surface area contributed by atoms with Crippen LogP contribution in [-0.2, 0) is 4.79 Å². The lowest BCUT2D eigenvalue weighted by molar-refractivity contribution is -0.110. The Hall–Kier alpha value is -2.94. The summed E-state index contributed by atoms with van der Waals surface area (Å²) in [4.78, 5) is 12.2. The van der Waals surface area contributed by atoms with Gasteiger partial charge in [0.25, 0.3) is 5.91 Å². The van der Waals surface area contributed by atoms with E-state index in [0.29, 0.717) is 16.8 Å². The summed E-state index contributed by atoms with van der Waals surface area (Å²) in [5, 5.41) is 2.77. The number of benzene rings is 1. The maximum Gasteiger partial charge on any atom is 0.256 e. The van der Waals surface area contributed by atoms with Gasteiger partial charge in [0.1, 0.15) is 5.82 Å². The van der Waals surface area contributed by atoms with Gasteiger partial charge in [-0.05, 0) is 41.0 Å². The molecular formula is C19H12FNO. The zero-order chi connectivity index (χ0) is 15.1. The fourth-order valence-corrected chi connectivity index (χ4v) is 2.84. The molecule has 1 aliphatic heterocycles. The average Bonchev–Trinajstić information content (AvgIpc) is 3.02. The summed E-state index contributed by atoms with van der Waals surface area (Å²) in [7, 11) is 0. The van der Waals surface area contributed by atoms with Crippen LogP contribution in [0.1, 0.15) is 11.1 Å². The molecule has 1 amide bonds. The van der Waals surface area contributed by atoms with Crippen molar-refractivity contribution in [3.63, 3.8) is 0 Å². The van der Waals surface area contributed by atoms with Crippen molar-refractivity contribution in [2.24, 2.45) is 0 Å². The highest BCUT2D eigenvalue weighted by atomic mass is 19.1. The number of hydrogen-bond donors (Lipinski definition) is 1. The van der Waals surface area contributed by atoms with E-state index in [1.807, 2.05) is 48.5 Å². The van der Waals surface area contributed by atoms with E-state index in [4.69, 9.17) is 0 Å². The van der Waals surface area contributed by atoms with Gasteiger partial charge in [0.2, 0.25) is 0 Å². The Labute approximate surface area is 127 Å². The summed E-state index contributed by atoms with van der Waals surface area (Å²) < 4.78 is 13.5. The second-order valence-electron chi connectivity index (χ2n) is 5.27. The first kappa shape index (κ1) is 12.8. The van der Waals surface area contributed by atoms with Crippen LogP contribution in [-0.4, -0.2) is 5.91 Å². The first-order valence-electron chi connectivity index (χ1n) is 7.03. The fraction of sp³-hybridized carbons (Fsp3) is 0. The van der Waals surface area contributed by atoms with E-state index in [2.05, 4.69) is 5.32 Å². The maximum atomic E-state index is 13.5. The minimum atomic E-state index is -0.349. The van der Waals surface area contributed by atoms with Crippen molar-refractivity contribution in [1.29, 1.82) is 0 Å². The van der Waals surface area contributed by atoms with E-state index in [-0.39, 0.29) is 11.7 Å². The summed E-state index contributed by atoms with van der Waals surface area (Å²) in [5.74, 6) is -0.551. The van der Waals surface area contributed by atoms with Gasteiger partial charge >= 0.3 is 0 Å². The van der Waals surface area contributed by atoms with E-state index in [0.717, 1.165) is 16.7 Å². The molecule has 1 aromatic carbocycles. The number of nitrogens with one attached hydrogen (secondary N) is 1. The molecule has 3 aliphatic rings. The number of hydrogen-bond acceptors (Lipinski definition) is 1. The molecule has 1 aromatic rings. The number of amides is 1. The molecule has 1 N–H and O–H groups in total. The van der Waals surface area contributed by atoms with Crippen LogP contribution in [0.4, 0.5) is 10.1 Å². The number of rotatable bonds is 1. The van der Waals surface area contributed by atoms with Crippen LogP contribution < -0.4 is 5.32 Å². The van der Waals surface area contributed by atoms with Gasteiger partial charge in [-0.2, -0.15) is 0 Å². The van der Waals surface area contributed by atoms with Crippen LogP contribution in [0.25, 0.3) is 22.8 Å². The zero-order valence-electron chi connectivity index (χ0n) is 11.6. The Balaban J connectivity index is 1.91. The Bertz CT molecular complexity index is 898. The van der Waals surface area contributed by atoms with Crippen molar-refractivity contribution < 1.29 is 9.18 Å². The standard InChI is InChI=1S/C19H12FNO/c20-14-8-9-18-16(11-14)17(19(22)21-18)10-13-5-2-1-4-12-6-3-7-15(12)13/h1-11H,(H,21,22)/b17-10+. The molecule has 4 rings (SSSR count). The number of halogens is 1. The lowest BCUT2D eigenvalue weighted by Gasteiger charge is -2.01. The molecule has 2 nitrogen and oxygen atoms in total. The molecule has 0 radical (unpaired) electrons. The zero-order valence-corrected chi connectivity index (χ0v) is 11.6. The molecule has 3 heteroatoms. The summed E-state index contributed by atoms with van der Waals surface area (Å²) in [5.41, 5.74) is 4.85. The second kappa shape index (κ2) is 4.81. The quantitative estimate of drug-likeness (QED) is 0.660. The number of fused-ring (bicyclic) bond motifs is 2. The van der Waals surface area contributed by atoms with Crippen LogP contribution in [0.15, 0.2) is 60.7 Å². The van der Waals surface area contributed by atoms with Crippen molar-refractivity contribution in [3.8, 4) is 11.1 Å². The van der Waals surface area contributed by atoms with Gasteiger partial charge in [-0.25, -0.2) is 4.39 Å². The SMILES string of the molecule is O=C1Nc2ccc(F)cc2/C1=C\c1ccccc2cccc1-2. The molecule has 0 saturated heterocycles. The Morgan fingerprint density at radius 1 is 0.909 bits per heavy atom. The lowest BCUT2D eigenvalue weighted by Crippen LogP contribution is -2.03. The molecule has 1 heterocycles. The molecule has 106 valence electrons. The van der Waals surface area contributed by atoms with Gasteiger partial charge < -0.3 is 5.32 Å². The third-order valence-electron chi connectivity index (χ3n) is 3.89. The second-order valence-corrected chi connectivity index (χ2v) is 5.27. The molecule has 0 spiro atoms. The fourth-order valence-electron chi connectivity index (χ4n) is 2.84. The van der Waals surface area contributed by atoms with Crippen molar-refractivity contribution in [2.75, 3.05) is 5.32 Å². The molecule has 0 fully saturated rings. The van der Waals surface area contributed by atoms with E-state index < -0.39 is 0 Å². The van der Waals surface area contributed by atoms with E-state index in [1.54, 1.807) is 6.07 Å². The van der Waals surface area contributed by atoms with Gasteiger partial charge in [0.05, 0.1) is 0 Å². The first-order chi connectivity index (χ1) is 10.7. The first-order valence-corrected chi connectivity index (χ1v) is 7.03. The van der Waals surface area contributed by atoms with Crippen LogP contribution in [0.5, 0.6) is 0 Å². The highest BCUT2D eigenvalue weighted by molar-refractivity contribution is 6.35. The Kier molecular flexibility index (Phi) is 2.79. The van der Waals surface area contributed by atoms with E-state index in [9.17, 15) is 9.18 Å². The van der Waals surface area contributed by atoms with Gasteiger partial charge in [-0.15, -0.1) is 0 Å². The van der Waals surface area contributed by atoms with Gasteiger partial charge in [-0.1, -0.05) is 42.5 Å². The van der Waals surface area contributed by atoms with Crippen LogP contribution in [0, 0.1) is 5.82 Å². The van der Waals surface area contributed by atoms with Gasteiger partial charge in [-0.3, -0.25) is 4.79 Å². The topological polar surface area (TPSA) is 29.1 Å². The Morgan fingerprint density at radius 2 is 1.73 bits per heavy atom. The van der Waals surface area contributed by atoms with Crippen LogP contribution >= 0.6 is 0 Å². The molecule has 0 aromatic heterocycles. The summed E-state index contributed by atoms with van der Waals surface area (Å²) in [6.07, 6.45) is 1.82. The average molecular weight is 289 g/mol. The van der Waals surface area contributed by atoms with Gasteiger partial charge in [0, 0.05) is 16.8 Å². The Morgan fingerprint density at radius 3 is 2.64 bits per heavy atom. The van der Waals surface area contributed by atoms with Crippen molar-refractivity contribution in [1.82, 2.24) is 0 Å². The summed E-state index contributed by atoms with van der Waals surface area (Å²) in [6, 6.07) is 18.2. The van der Waals surface area contributed by atoms with Crippen LogP contribution in [0.3, 0.4) is 0 Å². The maximum absolute atomic E-state index is 13.5. The molecular weight excluding hydrogens is 277 g/mol. The number of carbonyl (C=O) groups is 1. The molecule has 0 saturated carbocycles. The lowest BCUT2D eigenvalue weighted by atomic mass is 10.0. The van der Waals surface area contributed by atoms with Crippen molar-refractivity contribution in [2.45, 2.75) is 0 Å². The largest absolute Gasteiger partial charge is 0.321 e. The third kappa shape index (κ3) is 1.99. The molecule has 0 bridgehead atoms. The highest BCUT2D eigenvalue weighted by Gasteiger charge is 2.24. The van der Waals surface area contributed by atoms with Crippen molar-refractivity contribution >= 4 is 23.2 Å². The minimum Gasteiger partial charge on any atom is -0.321 e. The van der Waals surface area contributed by atoms with Gasteiger partial charge in [0.15, 0.2) is 0 Å². The monoisotopic (exact) mass is 289 g/mol. The number of carbonyl (C=O) groups excluding carboxylic acids is 1. The normalized spacial score (nSPS) is 15.1. The molecule has 22 heavy (non-hydrogen) atoms. The summed E-state index contributed by atoms with van der Waals surface area (Å²) >= 11 is 0. The highest BCUT2D eigenvalue weighted by Crippen LogP contribution is 2.35.